The molecule has 0 saturated carbocycles. The van der Waals surface area contributed by atoms with Gasteiger partial charge in [0.2, 0.25) is 0 Å². The summed E-state index contributed by atoms with van der Waals surface area (Å²) in [5.74, 6) is 0.138. The molecular weight excluding hydrogens is 521 g/mol. The van der Waals surface area contributed by atoms with Crippen LogP contribution >= 0.6 is 23.4 Å². The van der Waals surface area contributed by atoms with Crippen molar-refractivity contribution in [3.8, 4) is 11.3 Å². The second-order valence-corrected chi connectivity index (χ2v) is 18.6. The third-order valence-electron chi connectivity index (χ3n) is 4.43. The van der Waals surface area contributed by atoms with Crippen molar-refractivity contribution < 1.29 is 23.5 Å². The number of hydrogen-bond donors (Lipinski definition) is 0. The van der Waals surface area contributed by atoms with Crippen molar-refractivity contribution in [3.05, 3.63) is 35.1 Å². The Morgan fingerprint density at radius 3 is 2.06 bits per heavy atom. The number of carbonyl (C=O) groups excluding carboxylic acids is 2. The van der Waals surface area contributed by atoms with Crippen LogP contribution in [0.4, 0.5) is 19.7 Å². The van der Waals surface area contributed by atoms with Crippen LogP contribution in [0.5, 0.6) is 0 Å². The molecule has 1 aromatic carbocycles. The minimum atomic E-state index is -1.37. The first-order valence-corrected chi connectivity index (χ1v) is 16.7. The summed E-state index contributed by atoms with van der Waals surface area (Å²) >= 11 is 7.45. The number of amides is 2. The van der Waals surface area contributed by atoms with Gasteiger partial charge in [-0.25, -0.2) is 14.0 Å². The van der Waals surface area contributed by atoms with Crippen LogP contribution in [0.2, 0.25) is 30.7 Å². The quantitative estimate of drug-likeness (QED) is 0.263. The lowest BCUT2D eigenvalue weighted by atomic mass is 10.1. The number of imide groups is 1. The average molecular weight is 556 g/mol. The number of benzene rings is 1. The van der Waals surface area contributed by atoms with E-state index in [9.17, 15) is 14.0 Å². The number of thioether (sulfide) groups is 1. The molecule has 0 unspecified atom stereocenters. The third kappa shape index (κ3) is 9.37. The summed E-state index contributed by atoms with van der Waals surface area (Å²) in [6.07, 6.45) is -1.87. The topological polar surface area (TPSA) is 81.6 Å². The SMILES string of the molecule is CC(C)(C)OC(=O)N(C(=O)OC(C)(C)C)c1cc(-c2cc(Cl)ccc2F)nnc1SCC[Si](C)(C)C. The fraction of sp³-hybridized carbons (Fsp3) is 0.520. The van der Waals surface area contributed by atoms with Gasteiger partial charge in [-0.15, -0.1) is 22.0 Å². The van der Waals surface area contributed by atoms with Crippen LogP contribution in [0.3, 0.4) is 0 Å². The highest BCUT2D eigenvalue weighted by Gasteiger charge is 2.35. The number of aromatic nitrogens is 2. The van der Waals surface area contributed by atoms with Crippen LogP contribution in [0.1, 0.15) is 41.5 Å². The van der Waals surface area contributed by atoms with E-state index in [0.717, 1.165) is 10.9 Å². The van der Waals surface area contributed by atoms with Gasteiger partial charge in [0.25, 0.3) is 0 Å². The molecule has 1 aromatic heterocycles. The zero-order valence-corrected chi connectivity index (χ0v) is 24.9. The van der Waals surface area contributed by atoms with E-state index in [1.807, 2.05) is 0 Å². The van der Waals surface area contributed by atoms with Gasteiger partial charge >= 0.3 is 12.2 Å². The first-order valence-electron chi connectivity index (χ1n) is 11.6. The van der Waals surface area contributed by atoms with E-state index >= 15 is 0 Å². The summed E-state index contributed by atoms with van der Waals surface area (Å²) in [7, 11) is -1.37. The van der Waals surface area contributed by atoms with Gasteiger partial charge in [0.05, 0.1) is 11.4 Å². The number of halogens is 2. The molecule has 0 N–H and O–H groups in total. The molecule has 0 aliphatic carbocycles. The lowest BCUT2D eigenvalue weighted by Gasteiger charge is -2.29. The maximum atomic E-state index is 14.7. The summed E-state index contributed by atoms with van der Waals surface area (Å²) in [4.78, 5) is 27.4. The Hall–Kier alpha value is -2.17. The second-order valence-electron chi connectivity index (χ2n) is 11.5. The van der Waals surface area contributed by atoms with Crippen LogP contribution in [0.25, 0.3) is 11.3 Å². The van der Waals surface area contributed by atoms with Crippen molar-refractivity contribution in [2.24, 2.45) is 0 Å². The van der Waals surface area contributed by atoms with E-state index in [-0.39, 0.29) is 16.9 Å². The summed E-state index contributed by atoms with van der Waals surface area (Å²) < 4.78 is 25.7. The summed E-state index contributed by atoms with van der Waals surface area (Å²) in [5.41, 5.74) is -1.47. The van der Waals surface area contributed by atoms with Crippen LogP contribution in [0, 0.1) is 5.82 Å². The van der Waals surface area contributed by atoms with Crippen molar-refractivity contribution in [1.29, 1.82) is 0 Å². The summed E-state index contributed by atoms with van der Waals surface area (Å²) in [6.45, 7) is 16.9. The van der Waals surface area contributed by atoms with Crippen LogP contribution in [-0.2, 0) is 9.47 Å². The number of nitrogens with zero attached hydrogens (tertiary/aromatic N) is 3. The molecule has 7 nitrogen and oxygen atoms in total. The number of carbonyl (C=O) groups is 2. The molecule has 0 fully saturated rings. The predicted octanol–water partition coefficient (Wildman–Crippen LogP) is 8.04. The van der Waals surface area contributed by atoms with Crippen LogP contribution in [0.15, 0.2) is 29.3 Å². The Morgan fingerprint density at radius 1 is 1.00 bits per heavy atom. The molecule has 0 atom stereocenters. The molecule has 0 aliphatic heterocycles. The maximum Gasteiger partial charge on any atom is 0.424 e. The molecule has 0 bridgehead atoms. The summed E-state index contributed by atoms with van der Waals surface area (Å²) in [6, 6.07) is 6.46. The van der Waals surface area contributed by atoms with Crippen LogP contribution in [-0.4, -0.2) is 47.4 Å². The fourth-order valence-electron chi connectivity index (χ4n) is 2.80. The van der Waals surface area contributed by atoms with Gasteiger partial charge in [0.15, 0.2) is 0 Å². The number of rotatable bonds is 6. The number of hydrogen-bond acceptors (Lipinski definition) is 7. The highest BCUT2D eigenvalue weighted by molar-refractivity contribution is 7.99. The first kappa shape index (κ1) is 30.1. The fourth-order valence-corrected chi connectivity index (χ4v) is 6.42. The van der Waals surface area contributed by atoms with Gasteiger partial charge < -0.3 is 9.47 Å². The average Bonchev–Trinajstić information content (AvgIpc) is 2.67. The van der Waals surface area contributed by atoms with Crippen molar-refractivity contribution in [2.75, 3.05) is 10.7 Å². The monoisotopic (exact) mass is 555 g/mol. The first-order chi connectivity index (χ1) is 16.4. The van der Waals surface area contributed by atoms with Crippen molar-refractivity contribution >= 4 is 49.3 Å². The third-order valence-corrected chi connectivity index (χ3v) is 7.75. The molecular formula is C25H35ClFN3O4SSi. The molecule has 0 spiro atoms. The molecule has 1 heterocycles. The number of anilines is 1. The van der Waals surface area contributed by atoms with Gasteiger partial charge in [-0.1, -0.05) is 31.2 Å². The van der Waals surface area contributed by atoms with E-state index in [1.165, 1.54) is 36.0 Å². The highest BCUT2D eigenvalue weighted by Crippen LogP contribution is 2.35. The number of ether oxygens (including phenoxy) is 2. The molecule has 2 rings (SSSR count). The van der Waals surface area contributed by atoms with Gasteiger partial charge in [0.1, 0.15) is 22.0 Å². The van der Waals surface area contributed by atoms with Gasteiger partial charge in [-0.3, -0.25) is 0 Å². The lowest BCUT2D eigenvalue weighted by molar-refractivity contribution is 0.0429. The zero-order chi connectivity index (χ0) is 27.5. The Labute approximate surface area is 223 Å². The smallest absolute Gasteiger partial charge is 0.424 e. The van der Waals surface area contributed by atoms with Gasteiger partial charge in [-0.05, 0) is 77.6 Å². The van der Waals surface area contributed by atoms with E-state index in [0.29, 0.717) is 15.8 Å². The minimum absolute atomic E-state index is 0.0863. The Balaban J connectivity index is 2.68. The minimum Gasteiger partial charge on any atom is -0.443 e. The molecule has 11 heteroatoms. The molecule has 2 aromatic rings. The molecule has 2 amide bonds. The van der Waals surface area contributed by atoms with Gasteiger partial charge in [0, 0.05) is 18.7 Å². The van der Waals surface area contributed by atoms with Crippen molar-refractivity contribution in [3.63, 3.8) is 0 Å². The lowest BCUT2D eigenvalue weighted by Crippen LogP contribution is -2.44. The Morgan fingerprint density at radius 2 is 1.56 bits per heavy atom. The second kappa shape index (κ2) is 11.5. The zero-order valence-electron chi connectivity index (χ0n) is 22.4. The highest BCUT2D eigenvalue weighted by atomic mass is 35.5. The molecule has 36 heavy (non-hydrogen) atoms. The predicted molar refractivity (Wildman–Crippen MR) is 146 cm³/mol. The van der Waals surface area contributed by atoms with E-state index in [2.05, 4.69) is 29.8 Å². The largest absolute Gasteiger partial charge is 0.443 e. The van der Waals surface area contributed by atoms with E-state index < -0.39 is 37.3 Å². The molecule has 198 valence electrons. The van der Waals surface area contributed by atoms with Crippen LogP contribution < -0.4 is 4.90 Å². The van der Waals surface area contributed by atoms with E-state index in [1.54, 1.807) is 41.5 Å². The summed E-state index contributed by atoms with van der Waals surface area (Å²) in [5, 5.41) is 9.11. The van der Waals surface area contributed by atoms with Crippen molar-refractivity contribution in [1.82, 2.24) is 10.2 Å². The molecule has 0 radical (unpaired) electrons. The van der Waals surface area contributed by atoms with Gasteiger partial charge in [-0.2, -0.15) is 4.90 Å². The normalized spacial score (nSPS) is 12.3. The maximum absolute atomic E-state index is 14.7. The molecule has 0 saturated heterocycles. The Kier molecular flexibility index (Phi) is 9.58. The van der Waals surface area contributed by atoms with Crippen molar-refractivity contribution in [2.45, 2.75) is 83.5 Å². The van der Waals surface area contributed by atoms with E-state index in [4.69, 9.17) is 21.1 Å². The molecule has 0 aliphatic rings. The standard InChI is InChI=1S/C25H35ClFN3O4SSi/c1-24(2,3)33-22(31)30(23(32)34-25(4,5)6)20-15-19(17-14-16(26)10-11-18(17)27)28-29-21(20)35-12-13-36(7,8)9/h10-11,14-15H,12-13H2,1-9H3. The Bertz CT molecular complexity index is 1090.